The molecule has 0 N–H and O–H groups in total. The summed E-state index contributed by atoms with van der Waals surface area (Å²) in [6, 6.07) is 22.7. The van der Waals surface area contributed by atoms with Crippen molar-refractivity contribution in [2.24, 2.45) is 14.1 Å². The Kier molecular flexibility index (Phi) is 5.38. The van der Waals surface area contributed by atoms with Crippen LogP contribution in [0.5, 0.6) is 0 Å². The Balaban J connectivity index is 1.37. The average Bonchev–Trinajstić information content (AvgIpc) is 3.20. The second-order valence-electron chi connectivity index (χ2n) is 8.57. The van der Waals surface area contributed by atoms with Gasteiger partial charge in [0, 0.05) is 49.1 Å². The Labute approximate surface area is 193 Å². The van der Waals surface area contributed by atoms with E-state index in [9.17, 15) is 4.79 Å². The number of aryl methyl sites for hydroxylation is 5. The number of nitrogens with zero attached hydrogens (tertiary/aromatic N) is 4. The molecule has 5 heteroatoms. The minimum Gasteiger partial charge on any atom is -0.319 e. The van der Waals surface area contributed by atoms with Crippen LogP contribution >= 0.6 is 0 Å². The number of benzene rings is 2. The fourth-order valence-corrected chi connectivity index (χ4v) is 4.28. The summed E-state index contributed by atoms with van der Waals surface area (Å²) in [7, 11) is 3.68. The van der Waals surface area contributed by atoms with Crippen molar-refractivity contribution in [2.75, 3.05) is 0 Å². The molecule has 0 bridgehead atoms. The quantitative estimate of drug-likeness (QED) is 0.387. The molecule has 0 aliphatic carbocycles. The molecule has 0 amide bonds. The third-order valence-corrected chi connectivity index (χ3v) is 6.11. The first kappa shape index (κ1) is 20.9. The highest BCUT2D eigenvalue weighted by atomic mass is 16.1. The van der Waals surface area contributed by atoms with Crippen molar-refractivity contribution in [1.82, 2.24) is 19.3 Å². The molecule has 3 aromatic heterocycles. The molecule has 0 aliphatic rings. The molecule has 5 aromatic rings. The second-order valence-corrected chi connectivity index (χ2v) is 8.57. The lowest BCUT2D eigenvalue weighted by Crippen LogP contribution is -2.14. The van der Waals surface area contributed by atoms with Crippen LogP contribution in [0.2, 0.25) is 0 Å². The van der Waals surface area contributed by atoms with Gasteiger partial charge >= 0.3 is 0 Å². The Morgan fingerprint density at radius 1 is 0.879 bits per heavy atom. The standard InChI is InChI=1S/C28H26N4O/c1-19-16-23-6-4-5-7-25(23)29-28(19)21-11-8-20(9-12-21)10-13-26-24(18-32(3)30-26)22-14-15-31(2)27(33)17-22/h4-9,11-12,14-18H,10,13H2,1-3H3. The monoisotopic (exact) mass is 434 g/mol. The molecule has 0 spiro atoms. The predicted octanol–water partition coefficient (Wildman–Crippen LogP) is 5.09. The summed E-state index contributed by atoms with van der Waals surface area (Å²) in [5.41, 5.74) is 8.50. The highest BCUT2D eigenvalue weighted by Gasteiger charge is 2.12. The van der Waals surface area contributed by atoms with Crippen LogP contribution < -0.4 is 5.56 Å². The number of hydrogen-bond donors (Lipinski definition) is 0. The summed E-state index contributed by atoms with van der Waals surface area (Å²) in [5.74, 6) is 0. The van der Waals surface area contributed by atoms with Gasteiger partial charge in [-0.05, 0) is 54.7 Å². The predicted molar refractivity (Wildman–Crippen MR) is 133 cm³/mol. The van der Waals surface area contributed by atoms with Crippen LogP contribution in [0.3, 0.4) is 0 Å². The van der Waals surface area contributed by atoms with E-state index in [1.54, 1.807) is 23.9 Å². The molecule has 0 unspecified atom stereocenters. The number of aromatic nitrogens is 4. The van der Waals surface area contributed by atoms with E-state index in [2.05, 4.69) is 54.5 Å². The highest BCUT2D eigenvalue weighted by Crippen LogP contribution is 2.26. The van der Waals surface area contributed by atoms with E-state index in [-0.39, 0.29) is 5.56 Å². The van der Waals surface area contributed by atoms with Crippen LogP contribution in [0.1, 0.15) is 16.8 Å². The summed E-state index contributed by atoms with van der Waals surface area (Å²) in [6.45, 7) is 2.11. The van der Waals surface area contributed by atoms with E-state index < -0.39 is 0 Å². The van der Waals surface area contributed by atoms with Gasteiger partial charge in [-0.2, -0.15) is 5.10 Å². The Bertz CT molecular complexity index is 1510. The van der Waals surface area contributed by atoms with E-state index in [0.717, 1.165) is 51.8 Å². The third kappa shape index (κ3) is 4.22. The lowest BCUT2D eigenvalue weighted by atomic mass is 9.99. The van der Waals surface area contributed by atoms with Crippen LogP contribution in [0.25, 0.3) is 33.3 Å². The summed E-state index contributed by atoms with van der Waals surface area (Å²) in [6.07, 6.45) is 5.47. The van der Waals surface area contributed by atoms with Gasteiger partial charge in [0.1, 0.15) is 0 Å². The third-order valence-electron chi connectivity index (χ3n) is 6.11. The molecule has 5 nitrogen and oxygen atoms in total. The molecule has 0 saturated heterocycles. The van der Waals surface area contributed by atoms with Gasteiger partial charge in [0.05, 0.1) is 16.9 Å². The van der Waals surface area contributed by atoms with Crippen LogP contribution in [-0.4, -0.2) is 19.3 Å². The summed E-state index contributed by atoms with van der Waals surface area (Å²) in [4.78, 5) is 17.0. The average molecular weight is 435 g/mol. The Morgan fingerprint density at radius 3 is 2.45 bits per heavy atom. The fraction of sp³-hybridized carbons (Fsp3) is 0.179. The first-order valence-electron chi connectivity index (χ1n) is 11.1. The van der Waals surface area contributed by atoms with Crippen LogP contribution in [-0.2, 0) is 26.9 Å². The molecular formula is C28H26N4O. The summed E-state index contributed by atoms with van der Waals surface area (Å²) < 4.78 is 3.40. The smallest absolute Gasteiger partial charge is 0.250 e. The molecule has 0 aliphatic heterocycles. The number of hydrogen-bond acceptors (Lipinski definition) is 3. The molecule has 0 atom stereocenters. The number of pyridine rings is 2. The molecule has 3 heterocycles. The van der Waals surface area contributed by atoms with E-state index in [1.807, 2.05) is 36.1 Å². The minimum atomic E-state index is -0.0181. The molecule has 0 fully saturated rings. The number of rotatable bonds is 5. The van der Waals surface area contributed by atoms with Crippen LogP contribution in [0, 0.1) is 6.92 Å². The highest BCUT2D eigenvalue weighted by molar-refractivity contribution is 5.83. The molecule has 0 radical (unpaired) electrons. The second kappa shape index (κ2) is 8.51. The maximum absolute atomic E-state index is 12.1. The normalized spacial score (nSPS) is 11.2. The lowest BCUT2D eigenvalue weighted by Gasteiger charge is -2.09. The van der Waals surface area contributed by atoms with Gasteiger partial charge in [0.25, 0.3) is 5.56 Å². The summed E-state index contributed by atoms with van der Waals surface area (Å²) in [5, 5.41) is 5.82. The molecule has 5 rings (SSSR count). The van der Waals surface area contributed by atoms with Gasteiger partial charge in [-0.15, -0.1) is 0 Å². The van der Waals surface area contributed by atoms with Crippen molar-refractivity contribution in [2.45, 2.75) is 19.8 Å². The zero-order valence-corrected chi connectivity index (χ0v) is 19.1. The molecule has 2 aromatic carbocycles. The van der Waals surface area contributed by atoms with Crippen molar-refractivity contribution in [1.29, 1.82) is 0 Å². The topological polar surface area (TPSA) is 52.7 Å². The van der Waals surface area contributed by atoms with Gasteiger partial charge < -0.3 is 4.57 Å². The van der Waals surface area contributed by atoms with Gasteiger partial charge in [0.2, 0.25) is 0 Å². The SMILES string of the molecule is Cc1cc2ccccc2nc1-c1ccc(CCc2nn(C)cc2-c2ccn(C)c(=O)c2)cc1. The Hall–Kier alpha value is -3.99. The fourth-order valence-electron chi connectivity index (χ4n) is 4.28. The maximum Gasteiger partial charge on any atom is 0.250 e. The first-order valence-corrected chi connectivity index (χ1v) is 11.1. The van der Waals surface area contributed by atoms with Crippen molar-refractivity contribution >= 4 is 10.9 Å². The van der Waals surface area contributed by atoms with Gasteiger partial charge in [0.15, 0.2) is 0 Å². The van der Waals surface area contributed by atoms with Crippen LogP contribution in [0.4, 0.5) is 0 Å². The largest absolute Gasteiger partial charge is 0.319 e. The Morgan fingerprint density at radius 2 is 1.67 bits per heavy atom. The molecule has 164 valence electrons. The van der Waals surface area contributed by atoms with Crippen molar-refractivity contribution < 1.29 is 0 Å². The van der Waals surface area contributed by atoms with Crippen molar-refractivity contribution in [3.8, 4) is 22.4 Å². The van der Waals surface area contributed by atoms with E-state index in [0.29, 0.717) is 0 Å². The van der Waals surface area contributed by atoms with Gasteiger partial charge in [-0.1, -0.05) is 42.5 Å². The number of para-hydroxylation sites is 1. The summed E-state index contributed by atoms with van der Waals surface area (Å²) >= 11 is 0. The van der Waals surface area contributed by atoms with Crippen molar-refractivity contribution in [3.05, 3.63) is 106 Å². The van der Waals surface area contributed by atoms with Crippen molar-refractivity contribution in [3.63, 3.8) is 0 Å². The van der Waals surface area contributed by atoms with Gasteiger partial charge in [-0.25, -0.2) is 4.98 Å². The molecular weight excluding hydrogens is 408 g/mol. The lowest BCUT2D eigenvalue weighted by molar-refractivity contribution is 0.737. The minimum absolute atomic E-state index is 0.0181. The maximum atomic E-state index is 12.1. The van der Waals surface area contributed by atoms with Crippen LogP contribution in [0.15, 0.2) is 83.9 Å². The molecule has 33 heavy (non-hydrogen) atoms. The van der Waals surface area contributed by atoms with E-state index >= 15 is 0 Å². The first-order chi connectivity index (χ1) is 16.0. The van der Waals surface area contributed by atoms with E-state index in [1.165, 1.54) is 11.1 Å². The van der Waals surface area contributed by atoms with Gasteiger partial charge in [-0.3, -0.25) is 9.48 Å². The molecule has 0 saturated carbocycles. The zero-order chi connectivity index (χ0) is 22.9. The number of fused-ring (bicyclic) bond motifs is 1. The van der Waals surface area contributed by atoms with E-state index in [4.69, 9.17) is 4.98 Å². The zero-order valence-electron chi connectivity index (χ0n) is 19.1.